The number of amides is 3. The largest absolute Gasteiger partial charge is 0.350 e. The molecule has 0 spiro atoms. The van der Waals surface area contributed by atoms with Crippen LogP contribution < -0.4 is 10.6 Å². The lowest BCUT2D eigenvalue weighted by Gasteiger charge is -2.43. The number of carbonyl (C=O) groups excluding carboxylic acids is 2. The van der Waals surface area contributed by atoms with Gasteiger partial charge in [0.05, 0.1) is 6.04 Å². The van der Waals surface area contributed by atoms with Crippen LogP contribution in [0.5, 0.6) is 0 Å². The van der Waals surface area contributed by atoms with E-state index in [-0.39, 0.29) is 30.6 Å². The van der Waals surface area contributed by atoms with Crippen LogP contribution >= 0.6 is 0 Å². The van der Waals surface area contributed by atoms with Crippen molar-refractivity contribution >= 4 is 11.9 Å². The van der Waals surface area contributed by atoms with Gasteiger partial charge in [-0.15, -0.1) is 0 Å². The number of nitrogens with one attached hydrogen (secondary N) is 2. The molecule has 1 aliphatic heterocycles. The molecule has 2 fully saturated rings. The van der Waals surface area contributed by atoms with Crippen molar-refractivity contribution in [3.8, 4) is 0 Å². The van der Waals surface area contributed by atoms with Crippen LogP contribution in [0, 0.1) is 0 Å². The maximum atomic E-state index is 12.4. The maximum Gasteiger partial charge on any atom is 0.318 e. The fourth-order valence-corrected chi connectivity index (χ4v) is 3.18. The third-order valence-corrected chi connectivity index (χ3v) is 4.22. The van der Waals surface area contributed by atoms with Crippen LogP contribution in [-0.4, -0.2) is 40.5 Å². The molecule has 1 aliphatic carbocycles. The van der Waals surface area contributed by atoms with Gasteiger partial charge < -0.3 is 15.5 Å². The molecular weight excluding hydrogens is 268 g/mol. The molecule has 1 saturated heterocycles. The van der Waals surface area contributed by atoms with Crippen molar-refractivity contribution in [3.05, 3.63) is 30.1 Å². The number of pyridine rings is 1. The minimum absolute atomic E-state index is 0.0605. The number of hydrogen-bond acceptors (Lipinski definition) is 3. The molecule has 2 heterocycles. The van der Waals surface area contributed by atoms with Crippen molar-refractivity contribution in [2.75, 3.05) is 6.54 Å². The Morgan fingerprint density at radius 3 is 3.10 bits per heavy atom. The van der Waals surface area contributed by atoms with Crippen LogP contribution in [0.15, 0.2) is 24.5 Å². The number of aromatic nitrogens is 1. The van der Waals surface area contributed by atoms with E-state index < -0.39 is 0 Å². The maximum absolute atomic E-state index is 12.4. The van der Waals surface area contributed by atoms with Gasteiger partial charge in [-0.1, -0.05) is 18.9 Å². The average molecular weight is 288 g/mol. The van der Waals surface area contributed by atoms with Gasteiger partial charge in [-0.2, -0.15) is 0 Å². The van der Waals surface area contributed by atoms with E-state index in [4.69, 9.17) is 0 Å². The average Bonchev–Trinajstić information content (AvgIpc) is 2.52. The van der Waals surface area contributed by atoms with Gasteiger partial charge in [0, 0.05) is 25.0 Å². The van der Waals surface area contributed by atoms with Gasteiger partial charge in [0.15, 0.2) is 0 Å². The first kappa shape index (κ1) is 13.9. The number of nitrogens with zero attached hydrogens (tertiary/aromatic N) is 2. The Hall–Kier alpha value is -2.11. The number of rotatable bonds is 2. The van der Waals surface area contributed by atoms with E-state index in [9.17, 15) is 9.59 Å². The molecule has 3 amide bonds. The van der Waals surface area contributed by atoms with E-state index in [1.165, 1.54) is 0 Å². The molecule has 112 valence electrons. The van der Waals surface area contributed by atoms with Crippen LogP contribution in [0.4, 0.5) is 4.79 Å². The highest BCUT2D eigenvalue weighted by Gasteiger charge is 2.38. The van der Waals surface area contributed by atoms with Crippen molar-refractivity contribution in [2.45, 2.75) is 44.3 Å². The second-order valence-corrected chi connectivity index (χ2v) is 5.67. The molecule has 21 heavy (non-hydrogen) atoms. The zero-order valence-electron chi connectivity index (χ0n) is 11.9. The van der Waals surface area contributed by atoms with E-state index >= 15 is 0 Å². The van der Waals surface area contributed by atoms with Crippen LogP contribution in [-0.2, 0) is 11.3 Å². The Kier molecular flexibility index (Phi) is 4.03. The Morgan fingerprint density at radius 2 is 2.29 bits per heavy atom. The molecule has 0 bridgehead atoms. The Morgan fingerprint density at radius 1 is 1.43 bits per heavy atom. The van der Waals surface area contributed by atoms with Crippen molar-refractivity contribution < 1.29 is 9.59 Å². The number of piperazine rings is 1. The molecule has 6 nitrogen and oxygen atoms in total. The van der Waals surface area contributed by atoms with Crippen molar-refractivity contribution in [2.24, 2.45) is 0 Å². The highest BCUT2D eigenvalue weighted by Crippen LogP contribution is 2.25. The van der Waals surface area contributed by atoms with E-state index in [1.54, 1.807) is 17.3 Å². The van der Waals surface area contributed by atoms with Gasteiger partial charge >= 0.3 is 6.03 Å². The Balaban J connectivity index is 1.63. The molecule has 6 heteroatoms. The lowest BCUT2D eigenvalue weighted by molar-refractivity contribution is -0.126. The van der Waals surface area contributed by atoms with E-state index in [2.05, 4.69) is 15.6 Å². The van der Waals surface area contributed by atoms with Crippen molar-refractivity contribution in [1.82, 2.24) is 20.5 Å². The summed E-state index contributed by atoms with van der Waals surface area (Å²) in [4.78, 5) is 29.9. The molecular formula is C15H20N4O2. The molecule has 1 saturated carbocycles. The lowest BCUT2D eigenvalue weighted by atomic mass is 9.87. The number of urea groups is 1. The van der Waals surface area contributed by atoms with Gasteiger partial charge in [0.2, 0.25) is 5.91 Å². The van der Waals surface area contributed by atoms with Gasteiger partial charge in [-0.3, -0.25) is 9.78 Å². The predicted octanol–water partition coefficient (Wildman–Crippen LogP) is 1.03. The molecule has 1 aromatic rings. The van der Waals surface area contributed by atoms with Crippen molar-refractivity contribution in [1.29, 1.82) is 0 Å². The van der Waals surface area contributed by atoms with E-state index in [0.717, 1.165) is 31.2 Å². The number of hydrogen-bond donors (Lipinski definition) is 2. The standard InChI is InChI=1S/C15H20N4O2/c20-14-10-19(13-6-2-1-5-12(13)18-14)15(21)17-9-11-4-3-7-16-8-11/h3-4,7-8,12-13H,1-2,5-6,9-10H2,(H,17,21)(H,18,20)/t12-,13+/m0/s1. The van der Waals surface area contributed by atoms with Crippen LogP contribution in [0.1, 0.15) is 31.2 Å². The highest BCUT2D eigenvalue weighted by molar-refractivity contribution is 5.86. The number of fused-ring (bicyclic) bond motifs is 1. The van der Waals surface area contributed by atoms with Crippen LogP contribution in [0.3, 0.4) is 0 Å². The molecule has 2 atom stereocenters. The summed E-state index contributed by atoms with van der Waals surface area (Å²) in [7, 11) is 0. The van der Waals surface area contributed by atoms with E-state index in [1.807, 2.05) is 12.1 Å². The minimum Gasteiger partial charge on any atom is -0.350 e. The first-order valence-electron chi connectivity index (χ1n) is 7.47. The predicted molar refractivity (Wildman–Crippen MR) is 77.4 cm³/mol. The summed E-state index contributed by atoms with van der Waals surface area (Å²) >= 11 is 0. The van der Waals surface area contributed by atoms with Crippen LogP contribution in [0.2, 0.25) is 0 Å². The Bertz CT molecular complexity index is 520. The molecule has 0 unspecified atom stereocenters. The summed E-state index contributed by atoms with van der Waals surface area (Å²) in [6, 6.07) is 3.84. The normalized spacial score (nSPS) is 25.0. The summed E-state index contributed by atoms with van der Waals surface area (Å²) in [6.45, 7) is 0.586. The SMILES string of the molecule is O=C1CN(C(=O)NCc2cccnc2)[C@@H]2CCCC[C@@H]2N1. The fourth-order valence-electron chi connectivity index (χ4n) is 3.18. The third-order valence-electron chi connectivity index (χ3n) is 4.22. The smallest absolute Gasteiger partial charge is 0.318 e. The first-order valence-corrected chi connectivity index (χ1v) is 7.47. The van der Waals surface area contributed by atoms with E-state index in [0.29, 0.717) is 6.54 Å². The summed E-state index contributed by atoms with van der Waals surface area (Å²) in [5.74, 6) is -0.0605. The first-order chi connectivity index (χ1) is 10.2. The minimum atomic E-state index is -0.161. The zero-order chi connectivity index (χ0) is 14.7. The lowest BCUT2D eigenvalue weighted by Crippen LogP contribution is -2.64. The fraction of sp³-hybridized carbons (Fsp3) is 0.533. The molecule has 2 aliphatic rings. The van der Waals surface area contributed by atoms with Crippen molar-refractivity contribution in [3.63, 3.8) is 0 Å². The summed E-state index contributed by atoms with van der Waals surface area (Å²) in [6.07, 6.45) is 7.59. The van der Waals surface area contributed by atoms with Gasteiger partial charge in [-0.25, -0.2) is 4.79 Å². The summed E-state index contributed by atoms with van der Waals surface area (Å²) in [5.41, 5.74) is 0.951. The topological polar surface area (TPSA) is 74.3 Å². The molecule has 0 aromatic carbocycles. The van der Waals surface area contributed by atoms with Gasteiger partial charge in [0.25, 0.3) is 0 Å². The molecule has 1 aromatic heterocycles. The monoisotopic (exact) mass is 288 g/mol. The second kappa shape index (κ2) is 6.11. The summed E-state index contributed by atoms with van der Waals surface area (Å²) in [5, 5.41) is 5.90. The molecule has 0 radical (unpaired) electrons. The third kappa shape index (κ3) is 3.15. The Labute approximate surface area is 123 Å². The molecule has 2 N–H and O–H groups in total. The van der Waals surface area contributed by atoms with Gasteiger partial charge in [0.1, 0.15) is 6.54 Å². The highest BCUT2D eigenvalue weighted by atomic mass is 16.2. The number of carbonyl (C=O) groups is 2. The zero-order valence-corrected chi connectivity index (χ0v) is 11.9. The second-order valence-electron chi connectivity index (χ2n) is 5.67. The van der Waals surface area contributed by atoms with Gasteiger partial charge in [-0.05, 0) is 24.5 Å². The molecule has 3 rings (SSSR count). The quantitative estimate of drug-likeness (QED) is 0.853. The summed E-state index contributed by atoms with van der Waals surface area (Å²) < 4.78 is 0. The van der Waals surface area contributed by atoms with Crippen LogP contribution in [0.25, 0.3) is 0 Å².